The minimum Gasteiger partial charge on any atom is -0.292 e. The van der Waals surface area contributed by atoms with E-state index in [-0.39, 0.29) is 0 Å². The van der Waals surface area contributed by atoms with Gasteiger partial charge in [0.25, 0.3) is 0 Å². The van der Waals surface area contributed by atoms with E-state index in [0.29, 0.717) is 5.54 Å². The Labute approximate surface area is 99.6 Å². The van der Waals surface area contributed by atoms with Crippen molar-refractivity contribution >= 4 is 15.9 Å². The standard InChI is InChI=1S/C13H16BrN/c14-10-13-6-12(7-13)9-15(13)8-11-4-2-1-3-5-11/h1-5,12H,6-10H2. The van der Waals surface area contributed by atoms with Gasteiger partial charge in [0.2, 0.25) is 0 Å². The molecule has 0 radical (unpaired) electrons. The lowest BCUT2D eigenvalue weighted by Crippen LogP contribution is -2.46. The third-order valence-electron chi connectivity index (χ3n) is 3.95. The molecular weight excluding hydrogens is 250 g/mol. The Kier molecular flexibility index (Phi) is 2.37. The predicted octanol–water partition coefficient (Wildman–Crippen LogP) is 3.05. The molecule has 1 nitrogen and oxygen atoms in total. The van der Waals surface area contributed by atoms with Crippen molar-refractivity contribution in [2.24, 2.45) is 5.92 Å². The minimum atomic E-state index is 0.501. The number of hydrogen-bond donors (Lipinski definition) is 0. The second kappa shape index (κ2) is 3.60. The maximum Gasteiger partial charge on any atom is 0.0316 e. The van der Waals surface area contributed by atoms with Crippen LogP contribution in [0.2, 0.25) is 0 Å². The molecule has 0 unspecified atom stereocenters. The van der Waals surface area contributed by atoms with E-state index in [1.165, 1.54) is 24.9 Å². The van der Waals surface area contributed by atoms with Crippen LogP contribution in [0, 0.1) is 5.92 Å². The normalized spacial score (nSPS) is 34.1. The fraction of sp³-hybridized carbons (Fsp3) is 0.538. The minimum absolute atomic E-state index is 0.501. The first kappa shape index (κ1) is 9.86. The van der Waals surface area contributed by atoms with Crippen LogP contribution in [0.4, 0.5) is 0 Å². The molecular formula is C13H16BrN. The van der Waals surface area contributed by atoms with E-state index in [1.54, 1.807) is 0 Å². The van der Waals surface area contributed by atoms with E-state index in [2.05, 4.69) is 51.2 Å². The van der Waals surface area contributed by atoms with Gasteiger partial charge in [0.05, 0.1) is 0 Å². The highest BCUT2D eigenvalue weighted by Gasteiger charge is 2.54. The van der Waals surface area contributed by atoms with E-state index in [0.717, 1.165) is 17.8 Å². The molecule has 1 aliphatic carbocycles. The predicted molar refractivity (Wildman–Crippen MR) is 66.1 cm³/mol. The zero-order chi connectivity index (χ0) is 10.3. The van der Waals surface area contributed by atoms with E-state index in [1.807, 2.05) is 0 Å². The average Bonchev–Trinajstić information content (AvgIpc) is 2.72. The zero-order valence-corrected chi connectivity index (χ0v) is 10.4. The molecule has 2 aliphatic heterocycles. The lowest BCUT2D eigenvalue weighted by atomic mass is 9.75. The van der Waals surface area contributed by atoms with Crippen molar-refractivity contribution in [2.75, 3.05) is 11.9 Å². The quantitative estimate of drug-likeness (QED) is 0.760. The van der Waals surface area contributed by atoms with E-state index in [9.17, 15) is 0 Å². The van der Waals surface area contributed by atoms with Gasteiger partial charge in [0.1, 0.15) is 0 Å². The topological polar surface area (TPSA) is 3.24 Å². The van der Waals surface area contributed by atoms with Crippen molar-refractivity contribution in [3.05, 3.63) is 35.9 Å². The molecule has 4 rings (SSSR count). The Morgan fingerprint density at radius 2 is 2.00 bits per heavy atom. The van der Waals surface area contributed by atoms with Crippen molar-refractivity contribution in [2.45, 2.75) is 24.9 Å². The summed E-state index contributed by atoms with van der Waals surface area (Å²) >= 11 is 3.68. The summed E-state index contributed by atoms with van der Waals surface area (Å²) in [6.45, 7) is 2.43. The van der Waals surface area contributed by atoms with Crippen LogP contribution in [0.25, 0.3) is 0 Å². The van der Waals surface area contributed by atoms with Crippen LogP contribution in [0.5, 0.6) is 0 Å². The summed E-state index contributed by atoms with van der Waals surface area (Å²) in [6, 6.07) is 10.8. The number of hydrogen-bond acceptors (Lipinski definition) is 1. The molecule has 0 aromatic heterocycles. The Morgan fingerprint density at radius 3 is 2.67 bits per heavy atom. The summed E-state index contributed by atoms with van der Waals surface area (Å²) in [5.74, 6) is 0.978. The lowest BCUT2D eigenvalue weighted by Gasteiger charge is -2.41. The van der Waals surface area contributed by atoms with Gasteiger partial charge in [0.15, 0.2) is 0 Å². The van der Waals surface area contributed by atoms with Gasteiger partial charge < -0.3 is 0 Å². The first-order chi connectivity index (χ1) is 7.32. The van der Waals surface area contributed by atoms with Gasteiger partial charge in [-0.15, -0.1) is 0 Å². The van der Waals surface area contributed by atoms with Gasteiger partial charge in [-0.2, -0.15) is 0 Å². The Hall–Kier alpha value is -0.340. The van der Waals surface area contributed by atoms with Crippen LogP contribution >= 0.6 is 15.9 Å². The van der Waals surface area contributed by atoms with Gasteiger partial charge in [-0.3, -0.25) is 4.90 Å². The molecule has 2 bridgehead atoms. The molecule has 1 aromatic rings. The summed E-state index contributed by atoms with van der Waals surface area (Å²) in [5, 5.41) is 1.14. The Balaban J connectivity index is 1.74. The summed E-state index contributed by atoms with van der Waals surface area (Å²) in [6.07, 6.45) is 2.82. The van der Waals surface area contributed by atoms with Crippen LogP contribution < -0.4 is 0 Å². The highest BCUT2D eigenvalue weighted by Crippen LogP contribution is 2.51. The number of halogens is 1. The third kappa shape index (κ3) is 1.55. The lowest BCUT2D eigenvalue weighted by molar-refractivity contribution is 0.130. The number of nitrogens with zero attached hydrogens (tertiary/aromatic N) is 1. The summed E-state index contributed by atoms with van der Waals surface area (Å²) in [4.78, 5) is 2.67. The molecule has 3 fully saturated rings. The third-order valence-corrected chi connectivity index (χ3v) is 5.00. The van der Waals surface area contributed by atoms with Gasteiger partial charge in [0, 0.05) is 24.0 Å². The number of rotatable bonds is 3. The first-order valence-corrected chi connectivity index (χ1v) is 6.79. The SMILES string of the molecule is BrCC12CC(CN1Cc1ccccc1)C2. The smallest absolute Gasteiger partial charge is 0.0316 e. The fourth-order valence-electron chi connectivity index (χ4n) is 3.14. The Bertz CT molecular complexity index is 343. The number of fused-ring (bicyclic) bond motifs is 1. The zero-order valence-electron chi connectivity index (χ0n) is 8.82. The van der Waals surface area contributed by atoms with Crippen molar-refractivity contribution in [1.29, 1.82) is 0 Å². The molecule has 1 saturated carbocycles. The summed E-state index contributed by atoms with van der Waals surface area (Å²) in [5.41, 5.74) is 1.95. The molecule has 2 heterocycles. The molecule has 0 atom stereocenters. The fourth-order valence-corrected chi connectivity index (χ4v) is 3.95. The van der Waals surface area contributed by atoms with E-state index in [4.69, 9.17) is 0 Å². The summed E-state index contributed by atoms with van der Waals surface area (Å²) in [7, 11) is 0. The maximum atomic E-state index is 3.68. The first-order valence-electron chi connectivity index (χ1n) is 5.67. The van der Waals surface area contributed by atoms with Crippen LogP contribution in [0.3, 0.4) is 0 Å². The van der Waals surface area contributed by atoms with Crippen molar-refractivity contribution < 1.29 is 0 Å². The second-order valence-electron chi connectivity index (χ2n) is 5.00. The average molecular weight is 266 g/mol. The summed E-state index contributed by atoms with van der Waals surface area (Å²) < 4.78 is 0. The molecule has 80 valence electrons. The molecule has 3 aliphatic rings. The number of benzene rings is 1. The molecule has 1 aromatic carbocycles. The number of alkyl halides is 1. The van der Waals surface area contributed by atoms with Gasteiger partial charge in [-0.1, -0.05) is 46.3 Å². The highest BCUT2D eigenvalue weighted by molar-refractivity contribution is 9.09. The van der Waals surface area contributed by atoms with Gasteiger partial charge in [-0.25, -0.2) is 0 Å². The van der Waals surface area contributed by atoms with Crippen LogP contribution in [-0.4, -0.2) is 22.3 Å². The van der Waals surface area contributed by atoms with Gasteiger partial charge >= 0.3 is 0 Å². The largest absolute Gasteiger partial charge is 0.292 e. The molecule has 15 heavy (non-hydrogen) atoms. The van der Waals surface area contributed by atoms with Crippen molar-refractivity contribution in [3.63, 3.8) is 0 Å². The van der Waals surface area contributed by atoms with Crippen LogP contribution in [-0.2, 0) is 6.54 Å². The van der Waals surface area contributed by atoms with Crippen molar-refractivity contribution in [3.8, 4) is 0 Å². The highest BCUT2D eigenvalue weighted by atomic mass is 79.9. The second-order valence-corrected chi connectivity index (χ2v) is 5.56. The van der Waals surface area contributed by atoms with Crippen LogP contribution in [0.1, 0.15) is 18.4 Å². The molecule has 2 heteroatoms. The molecule has 0 N–H and O–H groups in total. The van der Waals surface area contributed by atoms with Gasteiger partial charge in [-0.05, 0) is 24.3 Å². The Morgan fingerprint density at radius 1 is 1.27 bits per heavy atom. The van der Waals surface area contributed by atoms with Crippen LogP contribution in [0.15, 0.2) is 30.3 Å². The molecule has 0 amide bonds. The monoisotopic (exact) mass is 265 g/mol. The van der Waals surface area contributed by atoms with Crippen molar-refractivity contribution in [1.82, 2.24) is 4.90 Å². The van der Waals surface area contributed by atoms with E-state index < -0.39 is 0 Å². The maximum absolute atomic E-state index is 3.68. The molecule has 2 saturated heterocycles. The molecule has 0 spiro atoms. The van der Waals surface area contributed by atoms with E-state index >= 15 is 0 Å².